The van der Waals surface area contributed by atoms with Crippen molar-refractivity contribution in [3.63, 3.8) is 0 Å². The van der Waals surface area contributed by atoms with Gasteiger partial charge < -0.3 is 9.68 Å². The molecule has 3 heterocycles. The minimum absolute atomic E-state index is 0.0450. The fourth-order valence-electron chi connectivity index (χ4n) is 3.48. The van der Waals surface area contributed by atoms with Gasteiger partial charge in [-0.1, -0.05) is 23.4 Å². The number of hydrogen-bond donors (Lipinski definition) is 1. The largest absolute Gasteiger partial charge is 0.535 e. The maximum Gasteiger partial charge on any atom is 0.526 e. The summed E-state index contributed by atoms with van der Waals surface area (Å²) in [5.41, 5.74) is 2.53. The van der Waals surface area contributed by atoms with Gasteiger partial charge in [0.2, 0.25) is 0 Å². The summed E-state index contributed by atoms with van der Waals surface area (Å²) in [4.78, 5) is 28.5. The van der Waals surface area contributed by atoms with Crippen LogP contribution in [0, 0.1) is 0 Å². The number of carbonyl (C=O) groups excluding carboxylic acids is 2. The number of nitrogens with zero attached hydrogens (tertiary/aromatic N) is 4. The number of Topliss-reactive ketones (excluding diaryl/α,β-unsaturated/α-hetero) is 2. The van der Waals surface area contributed by atoms with E-state index in [-0.39, 0.29) is 24.5 Å². The van der Waals surface area contributed by atoms with Crippen LogP contribution in [0.1, 0.15) is 29.3 Å². The Hall–Kier alpha value is -3.33. The molecule has 0 bridgehead atoms. The Morgan fingerprint density at radius 1 is 1.24 bits per heavy atom. The van der Waals surface area contributed by atoms with Crippen molar-refractivity contribution in [2.45, 2.75) is 32.1 Å². The van der Waals surface area contributed by atoms with E-state index in [0.29, 0.717) is 29.1 Å². The van der Waals surface area contributed by atoms with Crippen LogP contribution in [-0.4, -0.2) is 43.7 Å². The van der Waals surface area contributed by atoms with Crippen molar-refractivity contribution in [1.29, 1.82) is 0 Å². The van der Waals surface area contributed by atoms with Crippen LogP contribution in [0.3, 0.4) is 0 Å². The molecule has 0 saturated heterocycles. The van der Waals surface area contributed by atoms with Crippen LogP contribution in [0.4, 0.5) is 0 Å². The fourth-order valence-corrected chi connectivity index (χ4v) is 3.48. The lowest BCUT2D eigenvalue weighted by molar-refractivity contribution is -0.120. The second-order valence-electron chi connectivity index (χ2n) is 7.08. The van der Waals surface area contributed by atoms with Crippen molar-refractivity contribution < 1.29 is 19.3 Å². The highest BCUT2D eigenvalue weighted by Crippen LogP contribution is 2.36. The highest BCUT2D eigenvalue weighted by Gasteiger charge is 2.37. The number of rotatable bonds is 6. The van der Waals surface area contributed by atoms with Crippen LogP contribution in [0.15, 0.2) is 48.8 Å². The van der Waals surface area contributed by atoms with E-state index < -0.39 is 12.9 Å². The van der Waals surface area contributed by atoms with Crippen LogP contribution in [0.5, 0.6) is 5.75 Å². The Morgan fingerprint density at radius 2 is 2.10 bits per heavy atom. The average molecular weight is 390 g/mol. The number of ketones is 2. The molecule has 146 valence electrons. The zero-order chi connectivity index (χ0) is 20.4. The summed E-state index contributed by atoms with van der Waals surface area (Å²) < 4.78 is 7.05. The van der Waals surface area contributed by atoms with Gasteiger partial charge in [-0.2, -0.15) is 0 Å². The predicted molar refractivity (Wildman–Crippen MR) is 105 cm³/mol. The summed E-state index contributed by atoms with van der Waals surface area (Å²) in [7, 11) is -1.15. The molecule has 1 aliphatic heterocycles. The van der Waals surface area contributed by atoms with Crippen molar-refractivity contribution in [3.05, 3.63) is 59.9 Å². The summed E-state index contributed by atoms with van der Waals surface area (Å²) in [6, 6.07) is 10.8. The molecule has 0 aliphatic carbocycles. The molecule has 9 heteroatoms. The summed E-state index contributed by atoms with van der Waals surface area (Å²) in [5, 5.41) is 18.4. The maximum absolute atomic E-state index is 12.5. The van der Waals surface area contributed by atoms with E-state index in [1.54, 1.807) is 24.5 Å². The average Bonchev–Trinajstić information content (AvgIpc) is 3.17. The van der Waals surface area contributed by atoms with Crippen LogP contribution >= 0.6 is 0 Å². The molecule has 0 fully saturated rings. The zero-order valence-corrected chi connectivity index (χ0v) is 15.9. The Labute approximate surface area is 167 Å². The highest BCUT2D eigenvalue weighted by atomic mass is 16.5. The molecule has 2 aromatic heterocycles. The number of para-hydroxylation sites is 1. The van der Waals surface area contributed by atoms with E-state index in [1.807, 2.05) is 24.3 Å². The van der Waals surface area contributed by atoms with Gasteiger partial charge in [0.1, 0.15) is 18.0 Å². The third-order valence-corrected chi connectivity index (χ3v) is 4.89. The van der Waals surface area contributed by atoms with Gasteiger partial charge in [-0.25, -0.2) is 4.68 Å². The first-order valence-electron chi connectivity index (χ1n) is 9.32. The molecule has 0 amide bonds. The monoisotopic (exact) mass is 390 g/mol. The maximum atomic E-state index is 12.5. The summed E-state index contributed by atoms with van der Waals surface area (Å²) >= 11 is 0. The quantitative estimate of drug-likeness (QED) is 0.507. The van der Waals surface area contributed by atoms with Crippen LogP contribution in [-0.2, 0) is 17.8 Å². The first kappa shape index (κ1) is 19.0. The summed E-state index contributed by atoms with van der Waals surface area (Å²) in [5.74, 6) is -0.205. The second-order valence-corrected chi connectivity index (χ2v) is 7.08. The smallest absolute Gasteiger partial charge is 0.526 e. The molecule has 0 spiro atoms. The van der Waals surface area contributed by atoms with E-state index in [9.17, 15) is 14.6 Å². The van der Waals surface area contributed by atoms with Gasteiger partial charge in [0.25, 0.3) is 0 Å². The van der Waals surface area contributed by atoms with Gasteiger partial charge in [-0.05, 0) is 37.1 Å². The van der Waals surface area contributed by atoms with Crippen molar-refractivity contribution >= 4 is 18.7 Å². The molecule has 3 aromatic rings. The SMILES string of the molecule is CC(=O)c1cccc2c1OB(O)[C@@H](CC(=O)Cn1cc(-c3ccccn3)nn1)C2. The standard InChI is InChI=1S/C20H19BN4O4/c1-13(26)17-6-4-5-14-9-15(21(28)29-20(14)17)10-16(27)11-25-12-19(23-24-25)18-7-2-3-8-22-18/h2-8,12,15,28H,9-11H2,1H3/t15-/m1/s1. The van der Waals surface area contributed by atoms with E-state index in [4.69, 9.17) is 4.65 Å². The lowest BCUT2D eigenvalue weighted by Gasteiger charge is -2.28. The van der Waals surface area contributed by atoms with Crippen molar-refractivity contribution in [1.82, 2.24) is 20.0 Å². The molecule has 1 N–H and O–H groups in total. The summed E-state index contributed by atoms with van der Waals surface area (Å²) in [6.45, 7) is 1.50. The second kappa shape index (κ2) is 7.96. The molecule has 4 rings (SSSR count). The van der Waals surface area contributed by atoms with Gasteiger partial charge in [-0.15, -0.1) is 5.10 Å². The molecular formula is C20H19BN4O4. The first-order chi connectivity index (χ1) is 14.0. The Bertz CT molecular complexity index is 1050. The minimum Gasteiger partial charge on any atom is -0.535 e. The van der Waals surface area contributed by atoms with Crippen LogP contribution in [0.25, 0.3) is 11.4 Å². The van der Waals surface area contributed by atoms with E-state index in [1.165, 1.54) is 11.6 Å². The number of fused-ring (bicyclic) bond motifs is 1. The lowest BCUT2D eigenvalue weighted by Crippen LogP contribution is -2.36. The first-order valence-corrected chi connectivity index (χ1v) is 9.32. The molecule has 0 unspecified atom stereocenters. The Balaban J connectivity index is 1.42. The topological polar surface area (TPSA) is 107 Å². The highest BCUT2D eigenvalue weighted by molar-refractivity contribution is 6.47. The van der Waals surface area contributed by atoms with E-state index in [0.717, 1.165) is 5.56 Å². The van der Waals surface area contributed by atoms with Crippen molar-refractivity contribution in [2.24, 2.45) is 0 Å². The lowest BCUT2D eigenvalue weighted by atomic mass is 9.64. The Kier molecular flexibility index (Phi) is 5.22. The van der Waals surface area contributed by atoms with Gasteiger partial charge in [0, 0.05) is 18.4 Å². The summed E-state index contributed by atoms with van der Waals surface area (Å²) in [6.07, 6.45) is 3.92. The molecule has 1 aliphatic rings. The Morgan fingerprint density at radius 3 is 2.86 bits per heavy atom. The molecular weight excluding hydrogens is 371 g/mol. The van der Waals surface area contributed by atoms with Gasteiger partial charge in [0.05, 0.1) is 17.5 Å². The van der Waals surface area contributed by atoms with Crippen LogP contribution < -0.4 is 4.65 Å². The third kappa shape index (κ3) is 4.09. The number of hydrogen-bond acceptors (Lipinski definition) is 7. The van der Waals surface area contributed by atoms with Crippen molar-refractivity contribution in [2.75, 3.05) is 0 Å². The number of pyridine rings is 1. The molecule has 1 atom stereocenters. The normalized spacial score (nSPS) is 15.5. The fraction of sp³-hybridized carbons (Fsp3) is 0.250. The predicted octanol–water partition coefficient (Wildman–Crippen LogP) is 1.99. The van der Waals surface area contributed by atoms with E-state index >= 15 is 0 Å². The number of aromatic nitrogens is 4. The molecule has 29 heavy (non-hydrogen) atoms. The molecule has 0 radical (unpaired) electrons. The van der Waals surface area contributed by atoms with E-state index in [2.05, 4.69) is 15.3 Å². The van der Waals surface area contributed by atoms with Crippen molar-refractivity contribution in [3.8, 4) is 17.1 Å². The zero-order valence-electron chi connectivity index (χ0n) is 15.9. The molecule has 1 aromatic carbocycles. The molecule has 0 saturated carbocycles. The molecule has 8 nitrogen and oxygen atoms in total. The third-order valence-electron chi connectivity index (χ3n) is 4.89. The van der Waals surface area contributed by atoms with Gasteiger partial charge in [-0.3, -0.25) is 14.6 Å². The minimum atomic E-state index is -1.15. The number of carbonyl (C=O) groups is 2. The van der Waals surface area contributed by atoms with Gasteiger partial charge >= 0.3 is 7.12 Å². The number of benzene rings is 1. The van der Waals surface area contributed by atoms with Gasteiger partial charge in [0.15, 0.2) is 11.6 Å². The van der Waals surface area contributed by atoms with Crippen LogP contribution in [0.2, 0.25) is 5.82 Å².